The first kappa shape index (κ1) is 27.7. The number of rotatable bonds is 5. The number of carbonyl (C=O) groups is 1. The molecule has 1 unspecified atom stereocenters. The molecule has 2 fully saturated rings. The van der Waals surface area contributed by atoms with Gasteiger partial charge in [0.1, 0.15) is 0 Å². The van der Waals surface area contributed by atoms with Crippen molar-refractivity contribution in [3.05, 3.63) is 50.2 Å². The molecular formula is C23H35ClN3O3S. The summed E-state index contributed by atoms with van der Waals surface area (Å²) in [5, 5.41) is 6.41. The van der Waals surface area contributed by atoms with E-state index in [2.05, 4.69) is 10.6 Å². The molecule has 1 aliphatic carbocycles. The molecular weight excluding hydrogens is 434 g/mol. The maximum atomic E-state index is 13.1. The fourth-order valence-electron chi connectivity index (χ4n) is 4.11. The van der Waals surface area contributed by atoms with E-state index in [1.165, 1.54) is 35.7 Å². The van der Waals surface area contributed by atoms with Crippen LogP contribution in [0, 0.1) is 20.9 Å². The average Bonchev–Trinajstić information content (AvgIpc) is 2.69. The Labute approximate surface area is 194 Å². The van der Waals surface area contributed by atoms with E-state index >= 15 is 0 Å². The van der Waals surface area contributed by atoms with Crippen LogP contribution in [0.3, 0.4) is 0 Å². The van der Waals surface area contributed by atoms with Crippen molar-refractivity contribution in [2.24, 2.45) is 0 Å². The zero-order valence-corrected chi connectivity index (χ0v) is 19.8. The number of amides is 2. The van der Waals surface area contributed by atoms with E-state index in [9.17, 15) is 13.2 Å². The Morgan fingerprint density at radius 1 is 0.968 bits per heavy atom. The third-order valence-electron chi connectivity index (χ3n) is 5.74. The van der Waals surface area contributed by atoms with Gasteiger partial charge in [-0.2, -0.15) is 4.31 Å². The number of nitrogens with one attached hydrogen (secondary N) is 2. The van der Waals surface area contributed by atoms with Gasteiger partial charge in [0.2, 0.25) is 10.0 Å². The van der Waals surface area contributed by atoms with E-state index in [-0.39, 0.29) is 31.8 Å². The molecule has 6 nitrogen and oxygen atoms in total. The lowest BCUT2D eigenvalue weighted by Crippen LogP contribution is -2.51. The van der Waals surface area contributed by atoms with E-state index in [0.717, 1.165) is 51.0 Å². The summed E-state index contributed by atoms with van der Waals surface area (Å²) >= 11 is 5.90. The molecule has 2 N–H and O–H groups in total. The van der Waals surface area contributed by atoms with Crippen molar-refractivity contribution in [3.63, 3.8) is 0 Å². The van der Waals surface area contributed by atoms with Crippen molar-refractivity contribution in [3.8, 4) is 0 Å². The van der Waals surface area contributed by atoms with Gasteiger partial charge in [0.25, 0.3) is 0 Å². The molecule has 0 bridgehead atoms. The maximum absolute atomic E-state index is 13.1. The number of nitrogens with zero attached hydrogens (tertiary/aromatic N) is 1. The van der Waals surface area contributed by atoms with E-state index < -0.39 is 10.0 Å². The van der Waals surface area contributed by atoms with E-state index in [1.54, 1.807) is 12.1 Å². The van der Waals surface area contributed by atoms with Gasteiger partial charge < -0.3 is 10.6 Å². The van der Waals surface area contributed by atoms with Crippen molar-refractivity contribution in [2.45, 2.75) is 75.1 Å². The molecule has 1 aliphatic heterocycles. The molecule has 8 heteroatoms. The molecule has 31 heavy (non-hydrogen) atoms. The molecule has 1 aromatic rings. The molecule has 1 aromatic carbocycles. The number of hydrogen-bond donors (Lipinski definition) is 2. The van der Waals surface area contributed by atoms with Gasteiger partial charge in [0.05, 0.1) is 10.9 Å². The van der Waals surface area contributed by atoms with Gasteiger partial charge >= 0.3 is 6.03 Å². The van der Waals surface area contributed by atoms with E-state index in [4.69, 9.17) is 11.6 Å². The molecule has 1 saturated heterocycles. The zero-order chi connectivity index (χ0) is 20.7. The van der Waals surface area contributed by atoms with Crippen LogP contribution < -0.4 is 10.6 Å². The number of urea groups is 1. The van der Waals surface area contributed by atoms with Gasteiger partial charge in [0, 0.05) is 24.2 Å². The fourth-order valence-corrected chi connectivity index (χ4v) is 5.93. The minimum atomic E-state index is -3.61. The molecule has 3 rings (SSSR count). The SMILES string of the molecule is O=C(NCC1CCCCN1S(=O)(=O)c1ccc(Cl)cc1)N[C]1CCCCCCC1.[CH2].[CH2]. The van der Waals surface area contributed by atoms with Crippen LogP contribution in [0.2, 0.25) is 5.02 Å². The molecule has 1 heterocycles. The first-order valence-corrected chi connectivity index (χ1v) is 12.5. The standard InChI is InChI=1S/C21H31ClN3O3S.2CH2/c22-17-11-13-20(14-12-17)29(27,28)25-15-7-6-10-19(25)16-23-21(26)24-18-8-4-2-1-3-5-9-18;;/h11-14,19H,1-10,15-16H2,(H2,23,24,26);2*1H2. The van der Waals surface area contributed by atoms with Crippen LogP contribution in [0.15, 0.2) is 29.2 Å². The highest BCUT2D eigenvalue weighted by Gasteiger charge is 2.33. The average molecular weight is 469 g/mol. The van der Waals surface area contributed by atoms with Crippen LogP contribution in [0.1, 0.15) is 64.2 Å². The summed E-state index contributed by atoms with van der Waals surface area (Å²) in [4.78, 5) is 12.6. The van der Waals surface area contributed by atoms with E-state index in [1.807, 2.05) is 0 Å². The number of benzene rings is 1. The molecule has 2 amide bonds. The lowest BCUT2D eigenvalue weighted by molar-refractivity contribution is 0.223. The Morgan fingerprint density at radius 3 is 2.23 bits per heavy atom. The zero-order valence-electron chi connectivity index (χ0n) is 18.2. The molecule has 1 atom stereocenters. The Balaban J connectivity index is 0.00000240. The minimum Gasteiger partial charge on any atom is -0.337 e. The second-order valence-corrected chi connectivity index (χ2v) is 10.3. The highest BCUT2D eigenvalue weighted by molar-refractivity contribution is 7.89. The quantitative estimate of drug-likeness (QED) is 0.629. The molecule has 5 radical (unpaired) electrons. The highest BCUT2D eigenvalue weighted by Crippen LogP contribution is 2.26. The molecule has 2 aliphatic rings. The molecule has 173 valence electrons. The Hall–Kier alpha value is -1.31. The Bertz CT molecular complexity index is 763. The predicted molar refractivity (Wildman–Crippen MR) is 126 cm³/mol. The van der Waals surface area contributed by atoms with Crippen molar-refractivity contribution < 1.29 is 13.2 Å². The maximum Gasteiger partial charge on any atom is 0.315 e. The molecule has 0 aromatic heterocycles. The second-order valence-electron chi connectivity index (χ2n) is 7.93. The molecule has 1 saturated carbocycles. The summed E-state index contributed by atoms with van der Waals surface area (Å²) in [7, 11) is -3.61. The van der Waals surface area contributed by atoms with Gasteiger partial charge in [-0.15, -0.1) is 0 Å². The smallest absolute Gasteiger partial charge is 0.315 e. The van der Waals surface area contributed by atoms with Crippen LogP contribution in [-0.2, 0) is 10.0 Å². The third-order valence-corrected chi connectivity index (χ3v) is 7.96. The second kappa shape index (κ2) is 13.3. The van der Waals surface area contributed by atoms with Gasteiger partial charge in [-0.25, -0.2) is 13.2 Å². The van der Waals surface area contributed by atoms with Crippen molar-refractivity contribution in [2.75, 3.05) is 13.1 Å². The lowest BCUT2D eigenvalue weighted by Gasteiger charge is -2.35. The van der Waals surface area contributed by atoms with Gasteiger partial charge in [-0.05, 0) is 49.9 Å². The minimum absolute atomic E-state index is 0. The number of hydrogen-bond acceptors (Lipinski definition) is 3. The van der Waals surface area contributed by atoms with Gasteiger partial charge in [0.15, 0.2) is 0 Å². The van der Waals surface area contributed by atoms with Crippen molar-refractivity contribution in [1.82, 2.24) is 14.9 Å². The number of piperidine rings is 1. The van der Waals surface area contributed by atoms with Gasteiger partial charge in [-0.1, -0.05) is 65.0 Å². The normalized spacial score (nSPS) is 21.0. The summed E-state index contributed by atoms with van der Waals surface area (Å²) in [6, 6.07) is 6.88. The monoisotopic (exact) mass is 468 g/mol. The summed E-state index contributed by atoms with van der Waals surface area (Å²) < 4.78 is 27.7. The summed E-state index contributed by atoms with van der Waals surface area (Å²) in [6.45, 7) is 0.780. The largest absolute Gasteiger partial charge is 0.337 e. The fraction of sp³-hybridized carbons (Fsp3) is 0.565. The first-order chi connectivity index (χ1) is 14.0. The van der Waals surface area contributed by atoms with Crippen molar-refractivity contribution in [1.29, 1.82) is 0 Å². The number of halogens is 1. The number of sulfonamides is 1. The molecule has 0 spiro atoms. The third kappa shape index (κ3) is 7.95. The highest BCUT2D eigenvalue weighted by atomic mass is 35.5. The van der Waals surface area contributed by atoms with Crippen LogP contribution in [0.25, 0.3) is 0 Å². The van der Waals surface area contributed by atoms with E-state index in [0.29, 0.717) is 18.1 Å². The Morgan fingerprint density at radius 2 is 1.58 bits per heavy atom. The van der Waals surface area contributed by atoms with Crippen molar-refractivity contribution >= 4 is 27.7 Å². The van der Waals surface area contributed by atoms with Gasteiger partial charge in [-0.3, -0.25) is 0 Å². The summed E-state index contributed by atoms with van der Waals surface area (Å²) in [5.74, 6) is 0. The van der Waals surface area contributed by atoms with Crippen LogP contribution in [0.5, 0.6) is 0 Å². The predicted octanol–water partition coefficient (Wildman–Crippen LogP) is 5.11. The van der Waals surface area contributed by atoms with Crippen LogP contribution in [-0.4, -0.2) is 37.9 Å². The first-order valence-electron chi connectivity index (χ1n) is 10.6. The topological polar surface area (TPSA) is 78.5 Å². The lowest BCUT2D eigenvalue weighted by atomic mass is 9.97. The van der Waals surface area contributed by atoms with Crippen LogP contribution >= 0.6 is 11.6 Å². The summed E-state index contributed by atoms with van der Waals surface area (Å²) in [6.07, 6.45) is 10.3. The Kier molecular flexibility index (Phi) is 11.9. The van der Waals surface area contributed by atoms with Crippen LogP contribution in [0.4, 0.5) is 4.79 Å². The summed E-state index contributed by atoms with van der Waals surface area (Å²) in [5.41, 5.74) is 0. The number of carbonyl (C=O) groups excluding carboxylic acids is 1.